The Morgan fingerprint density at radius 3 is 0.907 bits per heavy atom. The van der Waals surface area contributed by atoms with Crippen molar-refractivity contribution in [2.75, 3.05) is 13.2 Å². The van der Waals surface area contributed by atoms with E-state index in [0.29, 0.717) is 19.3 Å². The molecule has 0 aliphatic heterocycles. The topological polar surface area (TPSA) is 78.9 Å². The van der Waals surface area contributed by atoms with E-state index in [1.165, 1.54) is 141 Å². The number of unbranched alkanes of at least 4 members (excludes halogenated alkanes) is 27. The first-order chi connectivity index (χ1) is 26.2. The molecule has 0 spiro atoms. The summed E-state index contributed by atoms with van der Waals surface area (Å²) in [6.07, 6.45) is 39.8. The molecule has 320 valence electrons. The highest BCUT2D eigenvalue weighted by atomic mass is 16.6. The molecular weight excluding hydrogens is 673 g/mol. The van der Waals surface area contributed by atoms with Crippen LogP contribution in [0.15, 0.2) is 0 Å². The van der Waals surface area contributed by atoms with Crippen molar-refractivity contribution in [2.24, 2.45) is 11.8 Å². The Bertz CT molecular complexity index is 824. The van der Waals surface area contributed by atoms with Crippen molar-refractivity contribution in [3.8, 4) is 0 Å². The lowest BCUT2D eigenvalue weighted by molar-refractivity contribution is -0.167. The minimum atomic E-state index is -0.759. The predicted molar refractivity (Wildman–Crippen MR) is 229 cm³/mol. The van der Waals surface area contributed by atoms with Gasteiger partial charge < -0.3 is 14.2 Å². The molecule has 0 aliphatic rings. The molecule has 0 amide bonds. The van der Waals surface area contributed by atoms with Crippen molar-refractivity contribution < 1.29 is 28.6 Å². The summed E-state index contributed by atoms with van der Waals surface area (Å²) >= 11 is 0. The first-order valence-electron chi connectivity index (χ1n) is 23.7. The quantitative estimate of drug-likeness (QED) is 0.0350. The fraction of sp³-hybridized carbons (Fsp3) is 0.938. The SMILES string of the molecule is CCCCCCCC(=O)OC[C@@H](COC(=O)CCCCCCCCCCCCCCCCC(C)C)OC(=O)CCCCCCCCCCCCCC(C)C. The first kappa shape index (κ1) is 52.4. The normalized spacial score (nSPS) is 12.1. The van der Waals surface area contributed by atoms with Crippen molar-refractivity contribution in [1.82, 2.24) is 0 Å². The van der Waals surface area contributed by atoms with Crippen LogP contribution in [0.5, 0.6) is 0 Å². The summed E-state index contributed by atoms with van der Waals surface area (Å²) in [5, 5.41) is 0. The molecule has 6 nitrogen and oxygen atoms in total. The van der Waals surface area contributed by atoms with Gasteiger partial charge in [-0.2, -0.15) is 0 Å². The van der Waals surface area contributed by atoms with E-state index in [1.54, 1.807) is 0 Å². The average Bonchev–Trinajstić information content (AvgIpc) is 3.14. The largest absolute Gasteiger partial charge is 0.462 e. The molecule has 0 aliphatic carbocycles. The maximum absolute atomic E-state index is 12.7. The molecule has 0 aromatic rings. The highest BCUT2D eigenvalue weighted by Gasteiger charge is 2.19. The molecule has 0 aromatic heterocycles. The molecule has 0 radical (unpaired) electrons. The van der Waals surface area contributed by atoms with Gasteiger partial charge in [0.1, 0.15) is 13.2 Å². The summed E-state index contributed by atoms with van der Waals surface area (Å²) < 4.78 is 16.6. The summed E-state index contributed by atoms with van der Waals surface area (Å²) in [7, 11) is 0. The minimum Gasteiger partial charge on any atom is -0.462 e. The van der Waals surface area contributed by atoms with Gasteiger partial charge in [0.2, 0.25) is 0 Å². The molecule has 0 aromatic carbocycles. The average molecular weight is 765 g/mol. The molecule has 0 heterocycles. The van der Waals surface area contributed by atoms with Crippen molar-refractivity contribution in [1.29, 1.82) is 0 Å². The predicted octanol–water partition coefficient (Wildman–Crippen LogP) is 15.0. The molecule has 0 saturated heterocycles. The molecule has 0 N–H and O–H groups in total. The van der Waals surface area contributed by atoms with Crippen LogP contribution in [-0.4, -0.2) is 37.2 Å². The van der Waals surface area contributed by atoms with Crippen LogP contribution >= 0.6 is 0 Å². The number of hydrogen-bond acceptors (Lipinski definition) is 6. The van der Waals surface area contributed by atoms with Crippen LogP contribution in [0.25, 0.3) is 0 Å². The van der Waals surface area contributed by atoms with Crippen LogP contribution in [0.1, 0.15) is 259 Å². The Labute approximate surface area is 336 Å². The third kappa shape index (κ3) is 41.6. The van der Waals surface area contributed by atoms with Crippen LogP contribution < -0.4 is 0 Å². The second-order valence-corrected chi connectivity index (χ2v) is 17.3. The van der Waals surface area contributed by atoms with Gasteiger partial charge in [-0.05, 0) is 31.1 Å². The standard InChI is InChI=1S/C48H92O6/c1-6-7-8-26-33-38-46(49)52-41-45(54-48(51)40-35-30-25-21-17-13-15-19-23-28-32-37-44(4)5)42-53-47(50)39-34-29-24-20-16-12-10-9-11-14-18-22-27-31-36-43(2)3/h43-45H,6-42H2,1-5H3/t45-/m0/s1. The number of carbonyl (C=O) groups excluding carboxylic acids is 3. The smallest absolute Gasteiger partial charge is 0.306 e. The van der Waals surface area contributed by atoms with Crippen LogP contribution in [0.4, 0.5) is 0 Å². The number of ether oxygens (including phenoxy) is 3. The first-order valence-corrected chi connectivity index (χ1v) is 23.7. The Morgan fingerprint density at radius 1 is 0.352 bits per heavy atom. The summed E-state index contributed by atoms with van der Waals surface area (Å²) in [4.78, 5) is 37.5. The highest BCUT2D eigenvalue weighted by Crippen LogP contribution is 2.17. The van der Waals surface area contributed by atoms with E-state index >= 15 is 0 Å². The molecule has 0 unspecified atom stereocenters. The molecule has 6 heteroatoms. The maximum Gasteiger partial charge on any atom is 0.306 e. The van der Waals surface area contributed by atoms with Crippen molar-refractivity contribution >= 4 is 17.9 Å². The van der Waals surface area contributed by atoms with E-state index in [4.69, 9.17) is 14.2 Å². The molecule has 1 atom stereocenters. The summed E-state index contributed by atoms with van der Waals surface area (Å²) in [5.41, 5.74) is 0. The number of esters is 3. The highest BCUT2D eigenvalue weighted by molar-refractivity contribution is 5.71. The van der Waals surface area contributed by atoms with Crippen molar-refractivity contribution in [3.05, 3.63) is 0 Å². The minimum absolute atomic E-state index is 0.0653. The van der Waals surface area contributed by atoms with Gasteiger partial charge in [0.25, 0.3) is 0 Å². The summed E-state index contributed by atoms with van der Waals surface area (Å²) in [5.74, 6) is 0.802. The maximum atomic E-state index is 12.7. The monoisotopic (exact) mass is 765 g/mol. The van der Waals surface area contributed by atoms with Crippen LogP contribution in [-0.2, 0) is 28.6 Å². The van der Waals surface area contributed by atoms with Gasteiger partial charge in [0.15, 0.2) is 6.10 Å². The van der Waals surface area contributed by atoms with E-state index in [-0.39, 0.29) is 31.1 Å². The van der Waals surface area contributed by atoms with Gasteiger partial charge in [-0.25, -0.2) is 0 Å². The Morgan fingerprint density at radius 2 is 0.611 bits per heavy atom. The molecule has 0 rings (SSSR count). The fourth-order valence-electron chi connectivity index (χ4n) is 7.11. The lowest BCUT2D eigenvalue weighted by Gasteiger charge is -2.18. The van der Waals surface area contributed by atoms with E-state index in [9.17, 15) is 14.4 Å². The van der Waals surface area contributed by atoms with Gasteiger partial charge in [0, 0.05) is 19.3 Å². The zero-order valence-corrected chi connectivity index (χ0v) is 36.8. The van der Waals surface area contributed by atoms with E-state index in [0.717, 1.165) is 76.0 Å². The van der Waals surface area contributed by atoms with E-state index in [2.05, 4.69) is 34.6 Å². The number of carbonyl (C=O) groups is 3. The second kappa shape index (κ2) is 41.1. The Balaban J connectivity index is 4.15. The Hall–Kier alpha value is -1.59. The molecular formula is C48H92O6. The lowest BCUT2D eigenvalue weighted by Crippen LogP contribution is -2.30. The molecule has 0 fully saturated rings. The molecule has 0 bridgehead atoms. The summed E-state index contributed by atoms with van der Waals surface area (Å²) in [6.45, 7) is 11.3. The van der Waals surface area contributed by atoms with Crippen molar-refractivity contribution in [2.45, 2.75) is 265 Å². The van der Waals surface area contributed by atoms with Gasteiger partial charge in [-0.15, -0.1) is 0 Å². The third-order valence-corrected chi connectivity index (χ3v) is 10.7. The number of rotatable bonds is 42. The van der Waals surface area contributed by atoms with E-state index in [1.807, 2.05) is 0 Å². The zero-order chi connectivity index (χ0) is 39.7. The van der Waals surface area contributed by atoms with E-state index < -0.39 is 6.10 Å². The van der Waals surface area contributed by atoms with Crippen molar-refractivity contribution in [3.63, 3.8) is 0 Å². The van der Waals surface area contributed by atoms with Gasteiger partial charge in [-0.3, -0.25) is 14.4 Å². The van der Waals surface area contributed by atoms with Crippen LogP contribution in [0.2, 0.25) is 0 Å². The van der Waals surface area contributed by atoms with Gasteiger partial charge >= 0.3 is 17.9 Å². The number of hydrogen-bond donors (Lipinski definition) is 0. The van der Waals surface area contributed by atoms with Crippen LogP contribution in [0, 0.1) is 11.8 Å². The van der Waals surface area contributed by atoms with Gasteiger partial charge in [0.05, 0.1) is 0 Å². The second-order valence-electron chi connectivity index (χ2n) is 17.3. The van der Waals surface area contributed by atoms with Gasteiger partial charge in [-0.1, -0.05) is 221 Å². The lowest BCUT2D eigenvalue weighted by atomic mass is 10.0. The van der Waals surface area contributed by atoms with Crippen LogP contribution in [0.3, 0.4) is 0 Å². The fourth-order valence-corrected chi connectivity index (χ4v) is 7.11. The summed E-state index contributed by atoms with van der Waals surface area (Å²) in [6, 6.07) is 0. The third-order valence-electron chi connectivity index (χ3n) is 10.7. The Kier molecular flexibility index (Phi) is 39.8. The molecule has 54 heavy (non-hydrogen) atoms. The zero-order valence-electron chi connectivity index (χ0n) is 36.8. The molecule has 0 saturated carbocycles.